The standard InChI is InChI=1S/C29H31N7O2/c1-36(2)14-13-32-29(38)21-8-10-24-26(16-21)35-27(34-24)19-5-3-18(4-6-19)25-17-22-15-20(7-9-23(22)33-25)28(37)31-12-11-30/h3-10,15-16H,11-14,17,30H2,1-2H3,(H,31,37)(H,32,38)(H,34,35). The van der Waals surface area contributed by atoms with Gasteiger partial charge < -0.3 is 26.3 Å². The van der Waals surface area contributed by atoms with Crippen molar-refractivity contribution in [2.75, 3.05) is 40.3 Å². The SMILES string of the molecule is CN(C)CCNC(=O)c1ccc2nc(-c3ccc(C4=Nc5ccc(C(=O)NCCN)cc5C4)cc3)[nH]c2c1. The number of hydrogen-bond acceptors (Lipinski definition) is 6. The van der Waals surface area contributed by atoms with E-state index < -0.39 is 0 Å². The topological polar surface area (TPSA) is 128 Å². The van der Waals surface area contributed by atoms with Gasteiger partial charge in [-0.1, -0.05) is 24.3 Å². The number of H-pyrrole nitrogens is 1. The van der Waals surface area contributed by atoms with Gasteiger partial charge in [0.15, 0.2) is 0 Å². The van der Waals surface area contributed by atoms with Gasteiger partial charge in [0.25, 0.3) is 11.8 Å². The van der Waals surface area contributed by atoms with Crippen molar-refractivity contribution < 1.29 is 9.59 Å². The number of nitrogens with zero attached hydrogens (tertiary/aromatic N) is 3. The molecule has 194 valence electrons. The molecular weight excluding hydrogens is 478 g/mol. The van der Waals surface area contributed by atoms with Crippen LogP contribution in [0.25, 0.3) is 22.4 Å². The smallest absolute Gasteiger partial charge is 0.251 e. The third kappa shape index (κ3) is 5.49. The fourth-order valence-electron chi connectivity index (χ4n) is 4.40. The average molecular weight is 510 g/mol. The van der Waals surface area contributed by atoms with Crippen molar-refractivity contribution in [1.29, 1.82) is 0 Å². The van der Waals surface area contributed by atoms with Crippen molar-refractivity contribution in [3.63, 3.8) is 0 Å². The molecule has 0 atom stereocenters. The van der Waals surface area contributed by atoms with E-state index in [1.807, 2.05) is 67.5 Å². The summed E-state index contributed by atoms with van der Waals surface area (Å²) in [6, 6.07) is 19.2. The molecule has 4 aromatic rings. The lowest BCUT2D eigenvalue weighted by Crippen LogP contribution is -2.31. The molecule has 0 aliphatic carbocycles. The van der Waals surface area contributed by atoms with E-state index in [0.717, 1.165) is 51.5 Å². The molecule has 38 heavy (non-hydrogen) atoms. The van der Waals surface area contributed by atoms with Gasteiger partial charge in [-0.3, -0.25) is 14.6 Å². The summed E-state index contributed by atoms with van der Waals surface area (Å²) >= 11 is 0. The minimum atomic E-state index is -0.126. The summed E-state index contributed by atoms with van der Waals surface area (Å²) in [6.45, 7) is 2.22. The number of nitrogens with two attached hydrogens (primary N) is 1. The molecule has 0 bridgehead atoms. The van der Waals surface area contributed by atoms with Gasteiger partial charge in [-0.2, -0.15) is 0 Å². The van der Waals surface area contributed by atoms with Crippen LogP contribution in [-0.2, 0) is 6.42 Å². The van der Waals surface area contributed by atoms with E-state index in [0.29, 0.717) is 37.2 Å². The van der Waals surface area contributed by atoms with Crippen molar-refractivity contribution >= 4 is 34.2 Å². The first-order chi connectivity index (χ1) is 18.4. The van der Waals surface area contributed by atoms with Crippen LogP contribution in [0.15, 0.2) is 65.7 Å². The summed E-state index contributed by atoms with van der Waals surface area (Å²) in [5.74, 6) is 0.511. The molecular formula is C29H31N7O2. The molecule has 0 saturated carbocycles. The Balaban J connectivity index is 1.28. The highest BCUT2D eigenvalue weighted by Gasteiger charge is 2.18. The Labute approximate surface area is 221 Å². The van der Waals surface area contributed by atoms with E-state index in [1.165, 1.54) is 0 Å². The maximum Gasteiger partial charge on any atom is 0.251 e. The second-order valence-electron chi connectivity index (χ2n) is 9.58. The molecule has 0 saturated heterocycles. The number of imidazole rings is 1. The normalized spacial score (nSPS) is 12.5. The molecule has 2 heterocycles. The molecule has 9 heteroatoms. The minimum Gasteiger partial charge on any atom is -0.351 e. The van der Waals surface area contributed by atoms with Gasteiger partial charge >= 0.3 is 0 Å². The third-order valence-corrected chi connectivity index (χ3v) is 6.47. The Morgan fingerprint density at radius 3 is 2.34 bits per heavy atom. The van der Waals surface area contributed by atoms with Crippen LogP contribution in [-0.4, -0.2) is 72.7 Å². The number of aromatic nitrogens is 2. The van der Waals surface area contributed by atoms with Crippen molar-refractivity contribution in [2.45, 2.75) is 6.42 Å². The van der Waals surface area contributed by atoms with Crippen LogP contribution >= 0.6 is 0 Å². The number of rotatable bonds is 9. The first-order valence-corrected chi connectivity index (χ1v) is 12.6. The van der Waals surface area contributed by atoms with E-state index >= 15 is 0 Å². The molecule has 0 spiro atoms. The van der Waals surface area contributed by atoms with Crippen molar-refractivity contribution in [1.82, 2.24) is 25.5 Å². The lowest BCUT2D eigenvalue weighted by molar-refractivity contribution is 0.0944. The number of benzene rings is 3. The minimum absolute atomic E-state index is 0.101. The average Bonchev–Trinajstić information content (AvgIpc) is 3.55. The monoisotopic (exact) mass is 509 g/mol. The summed E-state index contributed by atoms with van der Waals surface area (Å²) in [5.41, 5.74) is 13.1. The summed E-state index contributed by atoms with van der Waals surface area (Å²) in [7, 11) is 3.94. The quantitative estimate of drug-likeness (QED) is 0.276. The number of fused-ring (bicyclic) bond motifs is 2. The van der Waals surface area contributed by atoms with Crippen LogP contribution in [0.2, 0.25) is 0 Å². The Morgan fingerprint density at radius 2 is 1.61 bits per heavy atom. The molecule has 0 unspecified atom stereocenters. The Bertz CT molecular complexity index is 1520. The third-order valence-electron chi connectivity index (χ3n) is 6.47. The molecule has 0 radical (unpaired) electrons. The molecule has 1 aromatic heterocycles. The predicted octanol–water partition coefficient (Wildman–Crippen LogP) is 2.89. The zero-order valence-corrected chi connectivity index (χ0v) is 21.5. The summed E-state index contributed by atoms with van der Waals surface area (Å²) < 4.78 is 0. The number of aliphatic imine (C=N–C) groups is 1. The second kappa shape index (κ2) is 11.0. The molecule has 2 amide bonds. The fraction of sp³-hybridized carbons (Fsp3) is 0.241. The first-order valence-electron chi connectivity index (χ1n) is 12.6. The fourth-order valence-corrected chi connectivity index (χ4v) is 4.40. The van der Waals surface area contributed by atoms with E-state index in [4.69, 9.17) is 15.7 Å². The van der Waals surface area contributed by atoms with Crippen molar-refractivity contribution in [3.05, 3.63) is 82.9 Å². The Kier molecular flexibility index (Phi) is 7.30. The number of amides is 2. The zero-order valence-electron chi connectivity index (χ0n) is 21.5. The van der Waals surface area contributed by atoms with Crippen LogP contribution < -0.4 is 16.4 Å². The van der Waals surface area contributed by atoms with Gasteiger partial charge in [-0.25, -0.2) is 4.98 Å². The van der Waals surface area contributed by atoms with Crippen LogP contribution in [0.1, 0.15) is 31.8 Å². The van der Waals surface area contributed by atoms with Crippen molar-refractivity contribution in [2.24, 2.45) is 10.7 Å². The number of nitrogens with one attached hydrogen (secondary N) is 3. The van der Waals surface area contributed by atoms with E-state index in [2.05, 4.69) is 15.6 Å². The first kappa shape index (κ1) is 25.3. The number of carbonyl (C=O) groups excluding carboxylic acids is 2. The molecule has 5 N–H and O–H groups in total. The van der Waals surface area contributed by atoms with E-state index in [9.17, 15) is 9.59 Å². The van der Waals surface area contributed by atoms with Gasteiger partial charge in [0.2, 0.25) is 0 Å². The number of likely N-dealkylation sites (N-methyl/N-ethyl adjacent to an activating group) is 1. The molecule has 3 aromatic carbocycles. The zero-order chi connectivity index (χ0) is 26.6. The maximum absolute atomic E-state index is 12.5. The lowest BCUT2D eigenvalue weighted by Gasteiger charge is -2.10. The number of carbonyl (C=O) groups is 2. The highest BCUT2D eigenvalue weighted by Crippen LogP contribution is 2.30. The predicted molar refractivity (Wildman–Crippen MR) is 150 cm³/mol. The highest BCUT2D eigenvalue weighted by atomic mass is 16.2. The summed E-state index contributed by atoms with van der Waals surface area (Å²) in [5, 5.41) is 5.74. The van der Waals surface area contributed by atoms with E-state index in [1.54, 1.807) is 12.1 Å². The molecule has 5 rings (SSSR count). The van der Waals surface area contributed by atoms with Crippen LogP contribution in [0.3, 0.4) is 0 Å². The van der Waals surface area contributed by atoms with Gasteiger partial charge in [-0.15, -0.1) is 0 Å². The second-order valence-corrected chi connectivity index (χ2v) is 9.58. The van der Waals surface area contributed by atoms with Crippen LogP contribution in [0.5, 0.6) is 0 Å². The van der Waals surface area contributed by atoms with Crippen LogP contribution in [0.4, 0.5) is 5.69 Å². The Hall–Kier alpha value is -4.34. The number of aromatic amines is 1. The summed E-state index contributed by atoms with van der Waals surface area (Å²) in [6.07, 6.45) is 0.663. The largest absolute Gasteiger partial charge is 0.351 e. The lowest BCUT2D eigenvalue weighted by atomic mass is 10.0. The number of hydrogen-bond donors (Lipinski definition) is 4. The molecule has 9 nitrogen and oxygen atoms in total. The molecule has 0 fully saturated rings. The van der Waals surface area contributed by atoms with Gasteiger partial charge in [0.1, 0.15) is 5.82 Å². The highest BCUT2D eigenvalue weighted by molar-refractivity contribution is 6.07. The van der Waals surface area contributed by atoms with Gasteiger partial charge in [0, 0.05) is 49.3 Å². The van der Waals surface area contributed by atoms with Crippen molar-refractivity contribution in [3.8, 4) is 11.4 Å². The van der Waals surface area contributed by atoms with Gasteiger partial charge in [-0.05, 0) is 61.6 Å². The van der Waals surface area contributed by atoms with Gasteiger partial charge in [0.05, 0.1) is 22.4 Å². The van der Waals surface area contributed by atoms with E-state index in [-0.39, 0.29) is 11.8 Å². The Morgan fingerprint density at radius 1 is 0.921 bits per heavy atom. The summed E-state index contributed by atoms with van der Waals surface area (Å²) in [4.78, 5) is 39.6. The molecule has 1 aliphatic rings. The molecule has 1 aliphatic heterocycles. The van der Waals surface area contributed by atoms with Crippen LogP contribution in [0, 0.1) is 0 Å². The maximum atomic E-state index is 12.5.